The van der Waals surface area contributed by atoms with Crippen molar-refractivity contribution in [1.82, 2.24) is 10.3 Å². The Morgan fingerprint density at radius 2 is 2.11 bits per heavy atom. The van der Waals surface area contributed by atoms with E-state index in [1.165, 1.54) is 6.20 Å². The number of aromatic nitrogens is 1. The van der Waals surface area contributed by atoms with Crippen LogP contribution in [0.4, 0.5) is 5.69 Å². The van der Waals surface area contributed by atoms with Gasteiger partial charge in [-0.3, -0.25) is 4.79 Å². The molecule has 0 unspecified atom stereocenters. The van der Waals surface area contributed by atoms with Gasteiger partial charge in [0.2, 0.25) is 0 Å². The summed E-state index contributed by atoms with van der Waals surface area (Å²) in [6, 6.07) is 3.18. The first-order chi connectivity index (χ1) is 8.15. The summed E-state index contributed by atoms with van der Waals surface area (Å²) in [5.74, 6) is -0.482. The number of hydrogen-bond acceptors (Lipinski definition) is 5. The van der Waals surface area contributed by atoms with E-state index < -0.39 is 20.5 Å². The van der Waals surface area contributed by atoms with E-state index in [1.54, 1.807) is 26.0 Å². The minimum absolute atomic E-state index is 0.000676. The van der Waals surface area contributed by atoms with Gasteiger partial charge in [0.15, 0.2) is 15.5 Å². The van der Waals surface area contributed by atoms with Crippen LogP contribution in [0.1, 0.15) is 24.3 Å². The van der Waals surface area contributed by atoms with Crippen molar-refractivity contribution in [3.05, 3.63) is 24.0 Å². The van der Waals surface area contributed by atoms with Gasteiger partial charge in [0.05, 0.1) is 10.4 Å². The molecule has 3 N–H and O–H groups in total. The average molecular weight is 271 g/mol. The molecule has 100 valence electrons. The molecule has 0 saturated heterocycles. The highest BCUT2D eigenvalue weighted by Gasteiger charge is 2.30. The number of nitrogens with zero attached hydrogens (tertiary/aromatic N) is 1. The van der Waals surface area contributed by atoms with Crippen molar-refractivity contribution in [3.63, 3.8) is 0 Å². The van der Waals surface area contributed by atoms with Gasteiger partial charge in [-0.05, 0) is 26.0 Å². The second-order valence-electron chi connectivity index (χ2n) is 4.66. The van der Waals surface area contributed by atoms with Crippen LogP contribution in [0.5, 0.6) is 0 Å². The number of pyridine rings is 1. The average Bonchev–Trinajstić information content (AvgIpc) is 2.25. The van der Waals surface area contributed by atoms with Crippen LogP contribution in [0.15, 0.2) is 18.3 Å². The van der Waals surface area contributed by atoms with Gasteiger partial charge in [-0.2, -0.15) is 0 Å². The van der Waals surface area contributed by atoms with Gasteiger partial charge in [0.25, 0.3) is 5.91 Å². The Hall–Kier alpha value is -1.63. The molecule has 0 aliphatic carbocycles. The molecule has 0 radical (unpaired) electrons. The molecule has 0 spiro atoms. The van der Waals surface area contributed by atoms with Gasteiger partial charge >= 0.3 is 0 Å². The summed E-state index contributed by atoms with van der Waals surface area (Å²) in [7, 11) is -3.26. The Bertz CT molecular complexity index is 552. The molecule has 1 rings (SSSR count). The van der Waals surface area contributed by atoms with Crippen LogP contribution < -0.4 is 11.1 Å². The summed E-state index contributed by atoms with van der Waals surface area (Å²) < 4.78 is 21.9. The third-order valence-electron chi connectivity index (χ3n) is 2.73. The Morgan fingerprint density at radius 3 is 2.61 bits per heavy atom. The van der Waals surface area contributed by atoms with Gasteiger partial charge in [0, 0.05) is 19.0 Å². The number of nitrogens with one attached hydrogen (secondary N) is 1. The minimum Gasteiger partial charge on any atom is -0.397 e. The van der Waals surface area contributed by atoms with E-state index in [9.17, 15) is 13.2 Å². The zero-order valence-corrected chi connectivity index (χ0v) is 11.4. The maximum Gasteiger partial charge on any atom is 0.272 e. The largest absolute Gasteiger partial charge is 0.397 e. The molecule has 1 heterocycles. The maximum absolute atomic E-state index is 11.8. The molecular weight excluding hydrogens is 254 g/mol. The summed E-state index contributed by atoms with van der Waals surface area (Å²) in [4.78, 5) is 15.6. The first-order valence-corrected chi connectivity index (χ1v) is 7.22. The third kappa shape index (κ3) is 3.19. The highest BCUT2D eigenvalue weighted by molar-refractivity contribution is 7.92. The van der Waals surface area contributed by atoms with E-state index in [0.717, 1.165) is 6.26 Å². The van der Waals surface area contributed by atoms with Crippen molar-refractivity contribution in [2.75, 3.05) is 18.5 Å². The molecule has 1 aromatic heterocycles. The molecule has 0 bridgehead atoms. The summed E-state index contributed by atoms with van der Waals surface area (Å²) in [5, 5.41) is 2.53. The fourth-order valence-corrected chi connectivity index (χ4v) is 1.45. The molecule has 0 fully saturated rings. The molecule has 0 aliphatic rings. The van der Waals surface area contributed by atoms with Crippen molar-refractivity contribution in [3.8, 4) is 0 Å². The number of nitrogen functional groups attached to an aromatic ring is 1. The second-order valence-corrected chi connectivity index (χ2v) is 7.31. The molecule has 18 heavy (non-hydrogen) atoms. The first-order valence-electron chi connectivity index (χ1n) is 5.33. The van der Waals surface area contributed by atoms with Crippen molar-refractivity contribution in [2.24, 2.45) is 0 Å². The third-order valence-corrected chi connectivity index (χ3v) is 4.88. The molecule has 0 aromatic carbocycles. The van der Waals surface area contributed by atoms with Crippen molar-refractivity contribution in [2.45, 2.75) is 18.6 Å². The van der Waals surface area contributed by atoms with Crippen LogP contribution in [0.3, 0.4) is 0 Å². The van der Waals surface area contributed by atoms with Crippen molar-refractivity contribution in [1.29, 1.82) is 0 Å². The Kier molecular flexibility index (Phi) is 3.95. The molecular formula is C11H17N3O3S. The van der Waals surface area contributed by atoms with E-state index >= 15 is 0 Å². The number of carbonyl (C=O) groups excluding carboxylic acids is 1. The second kappa shape index (κ2) is 4.93. The van der Waals surface area contributed by atoms with E-state index in [4.69, 9.17) is 5.73 Å². The molecule has 0 atom stereocenters. The van der Waals surface area contributed by atoms with Crippen LogP contribution in [0.2, 0.25) is 0 Å². The zero-order valence-electron chi connectivity index (χ0n) is 10.6. The van der Waals surface area contributed by atoms with E-state index in [1.807, 2.05) is 0 Å². The summed E-state index contributed by atoms with van der Waals surface area (Å²) in [6.45, 7) is 3.09. The highest BCUT2D eigenvalue weighted by atomic mass is 32.2. The summed E-state index contributed by atoms with van der Waals surface area (Å²) in [6.07, 6.45) is 2.58. The smallest absolute Gasteiger partial charge is 0.272 e. The zero-order chi connectivity index (χ0) is 14.0. The number of sulfone groups is 1. The molecule has 7 heteroatoms. The van der Waals surface area contributed by atoms with Crippen LogP contribution in [0.25, 0.3) is 0 Å². The van der Waals surface area contributed by atoms with Gasteiger partial charge < -0.3 is 11.1 Å². The lowest BCUT2D eigenvalue weighted by atomic mass is 10.2. The molecule has 6 nitrogen and oxygen atoms in total. The summed E-state index contributed by atoms with van der Waals surface area (Å²) >= 11 is 0. The van der Waals surface area contributed by atoms with Crippen molar-refractivity contribution >= 4 is 21.4 Å². The van der Waals surface area contributed by atoms with Crippen molar-refractivity contribution < 1.29 is 13.2 Å². The predicted molar refractivity (Wildman–Crippen MR) is 69.9 cm³/mol. The summed E-state index contributed by atoms with van der Waals surface area (Å²) in [5.41, 5.74) is 5.96. The lowest BCUT2D eigenvalue weighted by Crippen LogP contribution is -2.44. The van der Waals surface area contributed by atoms with Gasteiger partial charge in [-0.25, -0.2) is 13.4 Å². The minimum atomic E-state index is -3.26. The molecule has 0 saturated carbocycles. The van der Waals surface area contributed by atoms with Gasteiger partial charge in [-0.15, -0.1) is 0 Å². The fraction of sp³-hybridized carbons (Fsp3) is 0.455. The highest BCUT2D eigenvalue weighted by Crippen LogP contribution is 2.14. The number of carbonyl (C=O) groups is 1. The quantitative estimate of drug-likeness (QED) is 0.815. The van der Waals surface area contributed by atoms with Gasteiger partial charge in [0.1, 0.15) is 0 Å². The monoisotopic (exact) mass is 271 g/mol. The topological polar surface area (TPSA) is 102 Å². The van der Waals surface area contributed by atoms with E-state index in [-0.39, 0.29) is 17.9 Å². The number of rotatable bonds is 4. The maximum atomic E-state index is 11.8. The Labute approximate surface area is 107 Å². The number of anilines is 1. The van der Waals surface area contributed by atoms with Crippen LogP contribution >= 0.6 is 0 Å². The van der Waals surface area contributed by atoms with Crippen LogP contribution in [-0.4, -0.2) is 36.9 Å². The van der Waals surface area contributed by atoms with Crippen LogP contribution in [0, 0.1) is 0 Å². The Morgan fingerprint density at radius 1 is 1.50 bits per heavy atom. The SMILES string of the molecule is CC(C)(CNC(=O)c1ncccc1N)S(C)(=O)=O. The fourth-order valence-electron chi connectivity index (χ4n) is 1.12. The molecule has 0 aliphatic heterocycles. The predicted octanol–water partition coefficient (Wildman–Crippen LogP) is 0.217. The number of nitrogens with two attached hydrogens (primary N) is 1. The van der Waals surface area contributed by atoms with Gasteiger partial charge in [-0.1, -0.05) is 0 Å². The number of hydrogen-bond donors (Lipinski definition) is 2. The lowest BCUT2D eigenvalue weighted by molar-refractivity contribution is 0.0946. The Balaban J connectivity index is 2.77. The van der Waals surface area contributed by atoms with Crippen LogP contribution in [-0.2, 0) is 9.84 Å². The lowest BCUT2D eigenvalue weighted by Gasteiger charge is -2.22. The standard InChI is InChI=1S/C11H17N3O3S/c1-11(2,18(3,16)17)7-14-10(15)9-8(12)5-4-6-13-9/h4-6H,7,12H2,1-3H3,(H,14,15). The first kappa shape index (κ1) is 14.4. The molecule has 1 aromatic rings. The molecule has 1 amide bonds. The number of amides is 1. The van der Waals surface area contributed by atoms with E-state index in [2.05, 4.69) is 10.3 Å². The normalized spacial score (nSPS) is 12.2. The van der Waals surface area contributed by atoms with E-state index in [0.29, 0.717) is 0 Å².